The van der Waals surface area contributed by atoms with Crippen LogP contribution in [0.25, 0.3) is 0 Å². The van der Waals surface area contributed by atoms with Crippen molar-refractivity contribution < 1.29 is 14.3 Å². The van der Waals surface area contributed by atoms with E-state index in [1.165, 1.54) is 0 Å². The van der Waals surface area contributed by atoms with Crippen molar-refractivity contribution in [3.63, 3.8) is 0 Å². The fraction of sp³-hybridized carbons (Fsp3) is 0.381. The zero-order valence-electron chi connectivity index (χ0n) is 15.1. The van der Waals surface area contributed by atoms with Gasteiger partial charge in [-0.15, -0.1) is 0 Å². The molecule has 1 amide bonds. The quantitative estimate of drug-likeness (QED) is 0.829. The zero-order chi connectivity index (χ0) is 18.4. The second-order valence-electron chi connectivity index (χ2n) is 6.53. The first-order valence-corrected chi connectivity index (χ1v) is 9.03. The Bertz CT molecular complexity index is 653. The Labute approximate surface area is 154 Å². The second kappa shape index (κ2) is 8.94. The average molecular weight is 354 g/mol. The fourth-order valence-corrected chi connectivity index (χ4v) is 3.47. The molecule has 0 radical (unpaired) electrons. The minimum atomic E-state index is -0.403. The molecular formula is C21H26N2O3. The maximum atomic E-state index is 11.8. The predicted molar refractivity (Wildman–Crippen MR) is 101 cm³/mol. The van der Waals surface area contributed by atoms with Crippen molar-refractivity contribution in [2.24, 2.45) is 5.73 Å². The van der Waals surface area contributed by atoms with Crippen LogP contribution in [0, 0.1) is 0 Å². The lowest BCUT2D eigenvalue weighted by atomic mass is 10.0. The molecule has 138 valence electrons. The van der Waals surface area contributed by atoms with E-state index in [-0.39, 0.29) is 18.1 Å². The summed E-state index contributed by atoms with van der Waals surface area (Å²) in [6, 6.07) is 19.9. The highest BCUT2D eigenvalue weighted by molar-refractivity contribution is 5.80. The minimum absolute atomic E-state index is 0.136. The number of ether oxygens (including phenoxy) is 2. The van der Waals surface area contributed by atoms with Gasteiger partial charge in [-0.3, -0.25) is 9.69 Å². The molecule has 1 heterocycles. The normalized spacial score (nSPS) is 21.0. The average Bonchev–Trinajstić information content (AvgIpc) is 2.66. The summed E-state index contributed by atoms with van der Waals surface area (Å²) in [5.74, 6) is -0.347. The zero-order valence-corrected chi connectivity index (χ0v) is 15.1. The van der Waals surface area contributed by atoms with Gasteiger partial charge >= 0.3 is 0 Å². The minimum Gasteiger partial charge on any atom is -0.375 e. The molecule has 0 aromatic heterocycles. The highest BCUT2D eigenvalue weighted by Gasteiger charge is 2.33. The van der Waals surface area contributed by atoms with Crippen molar-refractivity contribution in [1.82, 2.24) is 4.90 Å². The molecule has 3 rings (SSSR count). The van der Waals surface area contributed by atoms with E-state index < -0.39 is 6.04 Å². The molecule has 1 aliphatic heterocycles. The van der Waals surface area contributed by atoms with Crippen LogP contribution < -0.4 is 5.73 Å². The molecule has 26 heavy (non-hydrogen) atoms. The van der Waals surface area contributed by atoms with Gasteiger partial charge in [-0.1, -0.05) is 60.7 Å². The first kappa shape index (κ1) is 18.6. The molecule has 1 fully saturated rings. The van der Waals surface area contributed by atoms with E-state index in [9.17, 15) is 4.79 Å². The fourth-order valence-electron chi connectivity index (χ4n) is 3.47. The number of rotatable bonds is 7. The number of amides is 1. The predicted octanol–water partition coefficient (Wildman–Crippen LogP) is 2.37. The first-order chi connectivity index (χ1) is 12.7. The second-order valence-corrected chi connectivity index (χ2v) is 6.53. The van der Waals surface area contributed by atoms with Crippen LogP contribution in [-0.4, -0.2) is 49.3 Å². The number of nitrogens with zero attached hydrogens (tertiary/aromatic N) is 1. The van der Waals surface area contributed by atoms with Crippen LogP contribution in [-0.2, 0) is 14.3 Å². The number of hydrogen-bond acceptors (Lipinski definition) is 4. The van der Waals surface area contributed by atoms with Crippen LogP contribution >= 0.6 is 0 Å². The molecule has 2 aromatic carbocycles. The molecule has 2 aromatic rings. The van der Waals surface area contributed by atoms with Crippen LogP contribution in [0.5, 0.6) is 0 Å². The number of primary amides is 1. The Morgan fingerprint density at radius 1 is 1.15 bits per heavy atom. The summed E-state index contributed by atoms with van der Waals surface area (Å²) >= 11 is 0. The summed E-state index contributed by atoms with van der Waals surface area (Å²) in [7, 11) is 0. The molecule has 2 N–H and O–H groups in total. The molecule has 0 aliphatic carbocycles. The van der Waals surface area contributed by atoms with Crippen LogP contribution in [0.1, 0.15) is 24.2 Å². The van der Waals surface area contributed by atoms with Crippen LogP contribution in [0.3, 0.4) is 0 Å². The van der Waals surface area contributed by atoms with E-state index >= 15 is 0 Å². The van der Waals surface area contributed by atoms with Crippen molar-refractivity contribution in [1.29, 1.82) is 0 Å². The topological polar surface area (TPSA) is 64.8 Å². The Morgan fingerprint density at radius 3 is 2.27 bits per heavy atom. The summed E-state index contributed by atoms with van der Waals surface area (Å²) in [5.41, 5.74) is 7.78. The SMILES string of the molecule is C[C@H]1OCCN(CCOC(c2ccccc2)c2ccccc2)[C@@H]1C(N)=O. The van der Waals surface area contributed by atoms with Crippen molar-refractivity contribution >= 4 is 5.91 Å². The van der Waals surface area contributed by atoms with Crippen LogP contribution in [0.15, 0.2) is 60.7 Å². The summed E-state index contributed by atoms with van der Waals surface area (Å²) in [6.45, 7) is 4.32. The number of morpholine rings is 1. The van der Waals surface area contributed by atoms with Gasteiger partial charge in [0.05, 0.1) is 19.3 Å². The number of hydrogen-bond donors (Lipinski definition) is 1. The first-order valence-electron chi connectivity index (χ1n) is 9.03. The number of carbonyl (C=O) groups excluding carboxylic acids is 1. The monoisotopic (exact) mass is 354 g/mol. The molecule has 0 unspecified atom stereocenters. The molecule has 5 heteroatoms. The Hall–Kier alpha value is -2.21. The van der Waals surface area contributed by atoms with Gasteiger partial charge in [-0.2, -0.15) is 0 Å². The summed E-state index contributed by atoms with van der Waals surface area (Å²) in [6.07, 6.45) is -0.330. The van der Waals surface area contributed by atoms with Gasteiger partial charge < -0.3 is 15.2 Å². The Kier molecular flexibility index (Phi) is 6.39. The van der Waals surface area contributed by atoms with Crippen LogP contribution in [0.4, 0.5) is 0 Å². The standard InChI is InChI=1S/C21H26N2O3/c1-16-19(21(22)24)23(12-14-25-16)13-15-26-20(17-8-4-2-5-9-17)18-10-6-3-7-11-18/h2-11,16,19-20H,12-15H2,1H3,(H2,22,24)/t16-,19+/m1/s1. The third-order valence-corrected chi connectivity index (χ3v) is 4.76. The summed E-state index contributed by atoms with van der Waals surface area (Å²) in [5, 5.41) is 0. The van der Waals surface area contributed by atoms with Gasteiger partial charge in [0.1, 0.15) is 12.1 Å². The van der Waals surface area contributed by atoms with Gasteiger partial charge in [0.15, 0.2) is 0 Å². The lowest BCUT2D eigenvalue weighted by Crippen LogP contribution is -2.57. The molecule has 2 atom stereocenters. The van der Waals surface area contributed by atoms with E-state index in [0.717, 1.165) is 11.1 Å². The third-order valence-electron chi connectivity index (χ3n) is 4.76. The highest BCUT2D eigenvalue weighted by atomic mass is 16.5. The summed E-state index contributed by atoms with van der Waals surface area (Å²) < 4.78 is 11.8. The van der Waals surface area contributed by atoms with Gasteiger partial charge in [0.2, 0.25) is 5.91 Å². The van der Waals surface area contributed by atoms with E-state index in [1.54, 1.807) is 0 Å². The van der Waals surface area contributed by atoms with Gasteiger partial charge in [0.25, 0.3) is 0 Å². The number of benzene rings is 2. The van der Waals surface area contributed by atoms with Gasteiger partial charge in [0, 0.05) is 13.1 Å². The van der Waals surface area contributed by atoms with Gasteiger partial charge in [-0.05, 0) is 18.1 Å². The maximum absolute atomic E-state index is 11.8. The molecule has 0 bridgehead atoms. The molecular weight excluding hydrogens is 328 g/mol. The molecule has 0 saturated carbocycles. The molecule has 0 spiro atoms. The van der Waals surface area contributed by atoms with Gasteiger partial charge in [-0.25, -0.2) is 0 Å². The van der Waals surface area contributed by atoms with Crippen molar-refractivity contribution in [2.75, 3.05) is 26.3 Å². The van der Waals surface area contributed by atoms with Crippen molar-refractivity contribution in [3.8, 4) is 0 Å². The van der Waals surface area contributed by atoms with E-state index in [1.807, 2.05) is 43.3 Å². The van der Waals surface area contributed by atoms with E-state index in [4.69, 9.17) is 15.2 Å². The number of nitrogens with two attached hydrogens (primary N) is 1. The number of carbonyl (C=O) groups is 1. The largest absolute Gasteiger partial charge is 0.375 e. The molecule has 1 aliphatic rings. The molecule has 1 saturated heterocycles. The van der Waals surface area contributed by atoms with E-state index in [0.29, 0.717) is 26.3 Å². The molecule has 5 nitrogen and oxygen atoms in total. The maximum Gasteiger partial charge on any atom is 0.237 e. The van der Waals surface area contributed by atoms with Crippen molar-refractivity contribution in [2.45, 2.75) is 25.2 Å². The van der Waals surface area contributed by atoms with E-state index in [2.05, 4.69) is 29.2 Å². The van der Waals surface area contributed by atoms with Crippen molar-refractivity contribution in [3.05, 3.63) is 71.8 Å². The van der Waals surface area contributed by atoms with Crippen LogP contribution in [0.2, 0.25) is 0 Å². The smallest absolute Gasteiger partial charge is 0.237 e. The Balaban J connectivity index is 1.67. The lowest BCUT2D eigenvalue weighted by molar-refractivity contribution is -0.136. The summed E-state index contributed by atoms with van der Waals surface area (Å²) in [4.78, 5) is 13.8. The lowest BCUT2D eigenvalue weighted by Gasteiger charge is -2.38. The Morgan fingerprint density at radius 2 is 1.73 bits per heavy atom. The third kappa shape index (κ3) is 4.49. The highest BCUT2D eigenvalue weighted by Crippen LogP contribution is 2.26.